The molecule has 30 heavy (non-hydrogen) atoms. The molecule has 1 aliphatic heterocycles. The minimum absolute atomic E-state index is 0.0114. The molecule has 0 radical (unpaired) electrons. The number of nitrogens with two attached hydrogens (primary N) is 1. The van der Waals surface area contributed by atoms with Gasteiger partial charge in [-0.3, -0.25) is 4.79 Å². The number of hydrogen-bond donors (Lipinski definition) is 2. The molecule has 1 aromatic heterocycles. The summed E-state index contributed by atoms with van der Waals surface area (Å²) in [5, 5.41) is 19.6. The number of carboxylic acid groups (broad SMARTS) is 1. The van der Waals surface area contributed by atoms with Crippen LogP contribution in [-0.4, -0.2) is 41.4 Å². The molecule has 0 aliphatic carbocycles. The minimum Gasteiger partial charge on any atom is -0.542 e. The summed E-state index contributed by atoms with van der Waals surface area (Å²) in [5.41, 5.74) is 5.02. The summed E-state index contributed by atoms with van der Waals surface area (Å²) < 4.78 is 33.5. The molecule has 7 nitrogen and oxygen atoms in total. The molecule has 1 amide bonds. The minimum atomic E-state index is -5.19. The van der Waals surface area contributed by atoms with Crippen molar-refractivity contribution in [2.45, 2.75) is 19.1 Å². The van der Waals surface area contributed by atoms with Crippen molar-refractivity contribution >= 4 is 22.8 Å². The number of nitrogens with one attached hydrogen (secondary N) is 1. The number of benzene rings is 2. The topological polar surface area (TPSA) is 104 Å². The van der Waals surface area contributed by atoms with Crippen molar-refractivity contribution in [3.05, 3.63) is 59.3 Å². The molecule has 10 heteroatoms. The van der Waals surface area contributed by atoms with Crippen LogP contribution < -0.4 is 15.7 Å². The van der Waals surface area contributed by atoms with Crippen molar-refractivity contribution in [2.75, 3.05) is 13.6 Å². The van der Waals surface area contributed by atoms with E-state index in [-0.39, 0.29) is 5.91 Å². The zero-order chi connectivity index (χ0) is 21.9. The summed E-state index contributed by atoms with van der Waals surface area (Å²) in [4.78, 5) is 21.0. The molecule has 2 heterocycles. The molecule has 0 atom stereocenters. The molecule has 0 fully saturated rings. The average molecular weight is 420 g/mol. The number of hydrogen-bond acceptors (Lipinski definition) is 4. The molecule has 1 aliphatic rings. The summed E-state index contributed by atoms with van der Waals surface area (Å²) >= 11 is 0. The first-order chi connectivity index (χ1) is 14.2. The monoisotopic (exact) mass is 420 g/mol. The summed E-state index contributed by atoms with van der Waals surface area (Å²) in [6, 6.07) is 14.2. The Kier molecular flexibility index (Phi) is 6.06. The lowest BCUT2D eigenvalue weighted by molar-refractivity contribution is -0.643. The Labute approximate surface area is 169 Å². The number of aliphatic carboxylic acids is 1. The van der Waals surface area contributed by atoms with Crippen LogP contribution in [-0.2, 0) is 17.8 Å². The molecule has 0 unspecified atom stereocenters. The van der Waals surface area contributed by atoms with Crippen molar-refractivity contribution in [3.63, 3.8) is 0 Å². The van der Waals surface area contributed by atoms with E-state index in [4.69, 9.17) is 15.0 Å². The van der Waals surface area contributed by atoms with Crippen LogP contribution in [0.4, 0.5) is 13.2 Å². The first-order valence-electron chi connectivity index (χ1n) is 9.16. The van der Waals surface area contributed by atoms with E-state index >= 15 is 0 Å². The third kappa shape index (κ3) is 4.43. The lowest BCUT2D eigenvalue weighted by Crippen LogP contribution is -2.77. The average Bonchev–Trinajstić information content (AvgIpc) is 2.98. The predicted molar refractivity (Wildman–Crippen MR) is 99.7 cm³/mol. The number of halogens is 3. The van der Waals surface area contributed by atoms with Crippen LogP contribution in [0.25, 0.3) is 16.6 Å². The maximum atomic E-state index is 12.2. The van der Waals surface area contributed by atoms with Gasteiger partial charge in [-0.2, -0.15) is 18.3 Å². The van der Waals surface area contributed by atoms with Crippen molar-refractivity contribution in [3.8, 4) is 5.69 Å². The SMILES string of the molecule is C[NH2+]Cc1ccc(-n2nc3cccc4c3c2CCNC4=O)cc1.O=C([O-])C(F)(F)F. The standard InChI is InChI=1S/C18H18N4O.C2HF3O2/c1-19-11-12-5-7-13(8-6-12)22-16-9-10-20-18(23)14-3-2-4-15(21-22)17(14)16;3-2(4,5)1(6)7/h2-8,19H,9-11H2,1H3,(H,20,23);(H,6,7). The second-order valence-electron chi connectivity index (χ2n) is 6.63. The van der Waals surface area contributed by atoms with Gasteiger partial charge in [0.05, 0.1) is 29.5 Å². The number of aromatic nitrogens is 2. The quantitative estimate of drug-likeness (QED) is 0.636. The lowest BCUT2D eigenvalue weighted by Gasteiger charge is -2.07. The van der Waals surface area contributed by atoms with Crippen LogP contribution in [0.2, 0.25) is 0 Å². The summed E-state index contributed by atoms with van der Waals surface area (Å²) in [6.07, 6.45) is -4.41. The molecule has 3 N–H and O–H groups in total. The Morgan fingerprint density at radius 1 is 1.23 bits per heavy atom. The molecular formula is C20H19F3N4O3. The van der Waals surface area contributed by atoms with E-state index in [0.29, 0.717) is 6.54 Å². The van der Waals surface area contributed by atoms with E-state index in [1.165, 1.54) is 5.56 Å². The van der Waals surface area contributed by atoms with Crippen LogP contribution in [0.3, 0.4) is 0 Å². The van der Waals surface area contributed by atoms with Crippen LogP contribution in [0.15, 0.2) is 42.5 Å². The third-order valence-electron chi connectivity index (χ3n) is 4.54. The fourth-order valence-corrected chi connectivity index (χ4v) is 3.23. The fraction of sp³-hybridized carbons (Fsp3) is 0.250. The molecule has 2 aromatic carbocycles. The summed E-state index contributed by atoms with van der Waals surface area (Å²) in [6.45, 7) is 1.61. The fourth-order valence-electron chi connectivity index (χ4n) is 3.23. The molecule has 3 aromatic rings. The molecular weight excluding hydrogens is 401 g/mol. The lowest BCUT2D eigenvalue weighted by atomic mass is 10.1. The van der Waals surface area contributed by atoms with Crippen molar-refractivity contribution < 1.29 is 33.2 Å². The molecule has 0 spiro atoms. The van der Waals surface area contributed by atoms with Gasteiger partial charge in [0, 0.05) is 23.9 Å². The Morgan fingerprint density at radius 2 is 1.90 bits per heavy atom. The number of carbonyl (C=O) groups excluding carboxylic acids is 2. The Morgan fingerprint density at radius 3 is 2.50 bits per heavy atom. The zero-order valence-corrected chi connectivity index (χ0v) is 16.0. The highest BCUT2D eigenvalue weighted by Gasteiger charge is 2.28. The largest absolute Gasteiger partial charge is 0.542 e. The van der Waals surface area contributed by atoms with Crippen LogP contribution >= 0.6 is 0 Å². The van der Waals surface area contributed by atoms with Gasteiger partial charge in [-0.25, -0.2) is 4.68 Å². The summed E-state index contributed by atoms with van der Waals surface area (Å²) in [7, 11) is 2.06. The second kappa shape index (κ2) is 8.54. The maximum absolute atomic E-state index is 12.2. The van der Waals surface area contributed by atoms with Gasteiger partial charge in [-0.1, -0.05) is 18.2 Å². The van der Waals surface area contributed by atoms with Gasteiger partial charge >= 0.3 is 6.18 Å². The number of quaternary nitrogens is 1. The van der Waals surface area contributed by atoms with Gasteiger partial charge in [-0.05, 0) is 24.3 Å². The molecule has 158 valence electrons. The van der Waals surface area contributed by atoms with Crippen LogP contribution in [0.1, 0.15) is 21.6 Å². The number of rotatable bonds is 3. The number of alkyl halides is 3. The van der Waals surface area contributed by atoms with Crippen molar-refractivity contribution in [1.82, 2.24) is 15.1 Å². The molecule has 4 rings (SSSR count). The summed E-state index contributed by atoms with van der Waals surface area (Å²) in [5.74, 6) is -3.02. The van der Waals surface area contributed by atoms with Crippen molar-refractivity contribution in [1.29, 1.82) is 0 Å². The van der Waals surface area contributed by atoms with Gasteiger partial charge in [0.1, 0.15) is 12.5 Å². The first-order valence-corrected chi connectivity index (χ1v) is 9.16. The van der Waals surface area contributed by atoms with E-state index in [0.717, 1.165) is 40.8 Å². The first kappa shape index (κ1) is 21.3. The van der Waals surface area contributed by atoms with Gasteiger partial charge in [-0.15, -0.1) is 0 Å². The third-order valence-corrected chi connectivity index (χ3v) is 4.54. The van der Waals surface area contributed by atoms with Crippen LogP contribution in [0.5, 0.6) is 0 Å². The Hall–Kier alpha value is -3.40. The van der Waals surface area contributed by atoms with Gasteiger partial charge < -0.3 is 20.5 Å². The predicted octanol–water partition coefficient (Wildman–Crippen LogP) is 0.303. The highest BCUT2D eigenvalue weighted by Crippen LogP contribution is 2.27. The van der Waals surface area contributed by atoms with E-state index < -0.39 is 12.1 Å². The second-order valence-corrected chi connectivity index (χ2v) is 6.63. The van der Waals surface area contributed by atoms with Gasteiger partial charge in [0.15, 0.2) is 0 Å². The number of carbonyl (C=O) groups is 2. The van der Waals surface area contributed by atoms with E-state index in [1.54, 1.807) is 0 Å². The number of amides is 1. The Balaban J connectivity index is 0.000000318. The normalized spacial score (nSPS) is 13.3. The number of carboxylic acids is 1. The van der Waals surface area contributed by atoms with E-state index in [9.17, 15) is 18.0 Å². The van der Waals surface area contributed by atoms with E-state index in [2.05, 4.69) is 41.9 Å². The molecule has 0 bridgehead atoms. The van der Waals surface area contributed by atoms with E-state index in [1.807, 2.05) is 22.9 Å². The molecule has 0 saturated carbocycles. The zero-order valence-electron chi connectivity index (χ0n) is 16.0. The highest BCUT2D eigenvalue weighted by molar-refractivity contribution is 6.08. The highest BCUT2D eigenvalue weighted by atomic mass is 19.4. The van der Waals surface area contributed by atoms with Crippen molar-refractivity contribution in [2.24, 2.45) is 0 Å². The Bertz CT molecular complexity index is 1080. The smallest absolute Gasteiger partial charge is 0.430 e. The van der Waals surface area contributed by atoms with Gasteiger partial charge in [0.2, 0.25) is 0 Å². The van der Waals surface area contributed by atoms with Crippen LogP contribution in [0, 0.1) is 0 Å². The maximum Gasteiger partial charge on any atom is 0.430 e. The molecule has 0 saturated heterocycles. The number of nitrogens with zero attached hydrogens (tertiary/aromatic N) is 2. The van der Waals surface area contributed by atoms with Gasteiger partial charge in [0.25, 0.3) is 5.91 Å².